The maximum atomic E-state index is 14.9. The summed E-state index contributed by atoms with van der Waals surface area (Å²) < 4.78 is 14.9. The van der Waals surface area contributed by atoms with Crippen LogP contribution in [0.3, 0.4) is 0 Å². The van der Waals surface area contributed by atoms with Crippen LogP contribution in [0.15, 0.2) is 41.7 Å². The number of nitrogens with zero attached hydrogens (tertiary/aromatic N) is 3. The molecule has 1 unspecified atom stereocenters. The normalized spacial score (nSPS) is 19.8. The van der Waals surface area contributed by atoms with Crippen molar-refractivity contribution < 1.29 is 4.39 Å². The first-order chi connectivity index (χ1) is 11.5. The first-order valence-corrected chi connectivity index (χ1v) is 7.49. The lowest BCUT2D eigenvalue weighted by Gasteiger charge is -2.34. The third-order valence-corrected chi connectivity index (χ3v) is 4.20. The summed E-state index contributed by atoms with van der Waals surface area (Å²) in [5, 5.41) is 13.5. The van der Waals surface area contributed by atoms with Crippen molar-refractivity contribution in [2.24, 2.45) is 16.5 Å². The van der Waals surface area contributed by atoms with Crippen LogP contribution in [0, 0.1) is 5.82 Å². The van der Waals surface area contributed by atoms with E-state index in [0.717, 1.165) is 5.69 Å². The van der Waals surface area contributed by atoms with Gasteiger partial charge < -0.3 is 11.5 Å². The van der Waals surface area contributed by atoms with Crippen LogP contribution in [0.4, 0.5) is 10.1 Å². The number of H-pyrrole nitrogens is 2. The molecule has 1 aromatic carbocycles. The Kier molecular flexibility index (Phi) is 3.20. The summed E-state index contributed by atoms with van der Waals surface area (Å²) in [5.41, 5.74) is 14.5. The van der Waals surface area contributed by atoms with Crippen molar-refractivity contribution in [3.05, 3.63) is 53.7 Å². The van der Waals surface area contributed by atoms with E-state index in [-0.39, 0.29) is 6.42 Å². The monoisotopic (exact) mass is 325 g/mol. The van der Waals surface area contributed by atoms with Crippen LogP contribution < -0.4 is 11.5 Å². The molecule has 1 atom stereocenters. The number of halogens is 1. The van der Waals surface area contributed by atoms with Crippen molar-refractivity contribution >= 4 is 11.5 Å². The van der Waals surface area contributed by atoms with Crippen LogP contribution in [0.2, 0.25) is 0 Å². The summed E-state index contributed by atoms with van der Waals surface area (Å²) in [5.74, 6) is -0.0268. The SMILES string of the molecule is NC1=Nc2cc(-c3ccn[nH]3)cc(F)c2C(N)(Cc2ccn[nH]2)C1. The topological polar surface area (TPSA) is 122 Å². The van der Waals surface area contributed by atoms with Crippen LogP contribution in [0.25, 0.3) is 11.3 Å². The molecule has 6 N–H and O–H groups in total. The highest BCUT2D eigenvalue weighted by Gasteiger charge is 2.38. The lowest BCUT2D eigenvalue weighted by atomic mass is 9.79. The number of aromatic nitrogens is 4. The van der Waals surface area contributed by atoms with Crippen molar-refractivity contribution in [2.75, 3.05) is 0 Å². The Morgan fingerprint density at radius 3 is 2.67 bits per heavy atom. The van der Waals surface area contributed by atoms with Crippen molar-refractivity contribution in [1.29, 1.82) is 0 Å². The fraction of sp³-hybridized carbons (Fsp3) is 0.188. The predicted molar refractivity (Wildman–Crippen MR) is 88.0 cm³/mol. The van der Waals surface area contributed by atoms with Gasteiger partial charge >= 0.3 is 0 Å². The van der Waals surface area contributed by atoms with Gasteiger partial charge in [-0.1, -0.05) is 0 Å². The van der Waals surface area contributed by atoms with Crippen molar-refractivity contribution in [3.63, 3.8) is 0 Å². The van der Waals surface area contributed by atoms with Crippen LogP contribution >= 0.6 is 0 Å². The lowest BCUT2D eigenvalue weighted by molar-refractivity contribution is 0.422. The van der Waals surface area contributed by atoms with Gasteiger partial charge in [0.25, 0.3) is 0 Å². The van der Waals surface area contributed by atoms with Gasteiger partial charge in [0, 0.05) is 42.1 Å². The minimum Gasteiger partial charge on any atom is -0.387 e. The molecule has 24 heavy (non-hydrogen) atoms. The van der Waals surface area contributed by atoms with Crippen LogP contribution in [0.5, 0.6) is 0 Å². The number of rotatable bonds is 3. The second-order valence-electron chi connectivity index (χ2n) is 6.02. The molecule has 0 saturated carbocycles. The van der Waals surface area contributed by atoms with Crippen LogP contribution in [-0.2, 0) is 12.0 Å². The molecule has 122 valence electrons. The van der Waals surface area contributed by atoms with Gasteiger partial charge in [-0.25, -0.2) is 9.38 Å². The molecule has 4 rings (SSSR count). The third-order valence-electron chi connectivity index (χ3n) is 4.20. The van der Waals surface area contributed by atoms with Crippen LogP contribution in [-0.4, -0.2) is 26.2 Å². The Labute approximate surface area is 137 Å². The quantitative estimate of drug-likeness (QED) is 0.585. The average Bonchev–Trinajstić information content (AvgIpc) is 3.18. The van der Waals surface area contributed by atoms with Gasteiger partial charge in [-0.2, -0.15) is 10.2 Å². The molecular formula is C16H16FN7. The standard InChI is InChI=1S/C16H16FN7/c17-11-5-9(12-2-4-21-24-12)6-13-15(11)16(19,8-14(18)22-13)7-10-1-3-20-23-10/h1-6H,7-8,19H2,(H2,18,22)(H,20,23)(H,21,24). The minimum absolute atomic E-state index is 0.277. The van der Waals surface area contributed by atoms with Gasteiger partial charge in [0.15, 0.2) is 0 Å². The lowest BCUT2D eigenvalue weighted by Crippen LogP contribution is -2.45. The van der Waals surface area contributed by atoms with Gasteiger partial charge in [0.1, 0.15) is 11.7 Å². The van der Waals surface area contributed by atoms with E-state index in [4.69, 9.17) is 11.5 Å². The second-order valence-corrected chi connectivity index (χ2v) is 6.02. The number of nitrogens with one attached hydrogen (secondary N) is 2. The highest BCUT2D eigenvalue weighted by molar-refractivity contribution is 5.88. The molecule has 0 radical (unpaired) electrons. The Bertz CT molecular complexity index is 899. The fourth-order valence-corrected chi connectivity index (χ4v) is 3.23. The molecule has 0 spiro atoms. The number of aromatic amines is 2. The molecule has 1 aliphatic heterocycles. The van der Waals surface area contributed by atoms with Crippen molar-refractivity contribution in [3.8, 4) is 11.3 Å². The molecule has 7 nitrogen and oxygen atoms in total. The van der Waals surface area contributed by atoms with Gasteiger partial charge in [-0.3, -0.25) is 10.2 Å². The zero-order chi connectivity index (χ0) is 16.7. The molecular weight excluding hydrogens is 309 g/mol. The Morgan fingerprint density at radius 1 is 1.17 bits per heavy atom. The first kappa shape index (κ1) is 14.6. The van der Waals surface area contributed by atoms with E-state index in [1.165, 1.54) is 6.07 Å². The molecule has 3 aromatic rings. The summed E-state index contributed by atoms with van der Waals surface area (Å²) in [6, 6.07) is 6.79. The first-order valence-electron chi connectivity index (χ1n) is 7.49. The Hall–Kier alpha value is -3.00. The predicted octanol–water partition coefficient (Wildman–Crippen LogP) is 1.73. The fourth-order valence-electron chi connectivity index (χ4n) is 3.23. The highest BCUT2D eigenvalue weighted by Crippen LogP contribution is 2.41. The maximum Gasteiger partial charge on any atom is 0.131 e. The zero-order valence-electron chi connectivity index (χ0n) is 12.8. The van der Waals surface area contributed by atoms with Gasteiger partial charge in [0.2, 0.25) is 0 Å². The van der Waals surface area contributed by atoms with E-state index in [0.29, 0.717) is 34.8 Å². The number of hydrogen-bond donors (Lipinski definition) is 4. The van der Waals surface area contributed by atoms with Gasteiger partial charge in [-0.05, 0) is 24.3 Å². The summed E-state index contributed by atoms with van der Waals surface area (Å²) in [6.07, 6.45) is 3.91. The van der Waals surface area contributed by atoms with E-state index in [9.17, 15) is 4.39 Å². The zero-order valence-corrected chi connectivity index (χ0v) is 12.8. The molecule has 0 saturated heterocycles. The van der Waals surface area contributed by atoms with E-state index < -0.39 is 11.4 Å². The van der Waals surface area contributed by atoms with Crippen molar-refractivity contribution in [2.45, 2.75) is 18.4 Å². The van der Waals surface area contributed by atoms with Gasteiger partial charge in [-0.15, -0.1) is 0 Å². The number of hydrogen-bond acceptors (Lipinski definition) is 5. The molecule has 0 fully saturated rings. The number of amidine groups is 1. The number of benzene rings is 1. The average molecular weight is 325 g/mol. The Morgan fingerprint density at radius 2 is 1.96 bits per heavy atom. The Balaban J connectivity index is 1.84. The highest BCUT2D eigenvalue weighted by atomic mass is 19.1. The molecule has 0 bridgehead atoms. The molecule has 2 aromatic heterocycles. The smallest absolute Gasteiger partial charge is 0.131 e. The third kappa shape index (κ3) is 2.37. The summed E-state index contributed by atoms with van der Waals surface area (Å²) in [4.78, 5) is 4.32. The van der Waals surface area contributed by atoms with E-state index in [2.05, 4.69) is 25.4 Å². The molecule has 8 heteroatoms. The number of nitrogens with two attached hydrogens (primary N) is 2. The van der Waals surface area contributed by atoms with E-state index >= 15 is 0 Å². The largest absolute Gasteiger partial charge is 0.387 e. The number of aliphatic imine (C=N–C) groups is 1. The molecule has 1 aliphatic rings. The number of fused-ring (bicyclic) bond motifs is 1. The summed E-state index contributed by atoms with van der Waals surface area (Å²) in [7, 11) is 0. The minimum atomic E-state index is -0.982. The maximum absolute atomic E-state index is 14.9. The summed E-state index contributed by atoms with van der Waals surface area (Å²) in [6.45, 7) is 0. The van der Waals surface area contributed by atoms with Crippen LogP contribution in [0.1, 0.15) is 17.7 Å². The molecule has 3 heterocycles. The van der Waals surface area contributed by atoms with E-state index in [1.807, 2.05) is 6.07 Å². The molecule has 0 amide bonds. The summed E-state index contributed by atoms with van der Waals surface area (Å²) >= 11 is 0. The van der Waals surface area contributed by atoms with Crippen molar-refractivity contribution in [1.82, 2.24) is 20.4 Å². The second kappa shape index (κ2) is 5.27. The van der Waals surface area contributed by atoms with E-state index in [1.54, 1.807) is 24.5 Å². The molecule has 0 aliphatic carbocycles. The van der Waals surface area contributed by atoms with Gasteiger partial charge in [0.05, 0.1) is 16.9 Å².